The fourth-order valence-corrected chi connectivity index (χ4v) is 3.79. The third kappa shape index (κ3) is 5.14. The van der Waals surface area contributed by atoms with Gasteiger partial charge in [0.1, 0.15) is 16.6 Å². The van der Waals surface area contributed by atoms with Crippen LogP contribution >= 0.6 is 34.5 Å². The highest BCUT2D eigenvalue weighted by atomic mass is 35.5. The third-order valence-electron chi connectivity index (χ3n) is 4.05. The van der Waals surface area contributed by atoms with Crippen molar-refractivity contribution in [3.8, 4) is 17.3 Å². The second kappa shape index (κ2) is 9.25. The van der Waals surface area contributed by atoms with Gasteiger partial charge in [-0.05, 0) is 36.1 Å². The van der Waals surface area contributed by atoms with Crippen molar-refractivity contribution in [2.75, 3.05) is 5.32 Å². The van der Waals surface area contributed by atoms with Crippen LogP contribution in [0.2, 0.25) is 10.0 Å². The molecule has 0 spiro atoms. The molecule has 0 bridgehead atoms. The molecule has 0 aliphatic heterocycles. The molecule has 28 heavy (non-hydrogen) atoms. The topological polar surface area (TPSA) is 48.7 Å². The summed E-state index contributed by atoms with van der Waals surface area (Å²) in [5.74, 6) is 0.628. The van der Waals surface area contributed by atoms with Gasteiger partial charge in [0.2, 0.25) is 0 Å². The van der Waals surface area contributed by atoms with Gasteiger partial charge in [0.25, 0.3) is 0 Å². The Labute approximate surface area is 179 Å². The molecule has 3 nitrogen and oxygen atoms in total. The van der Waals surface area contributed by atoms with Gasteiger partial charge in [-0.3, -0.25) is 0 Å². The van der Waals surface area contributed by atoms with E-state index in [2.05, 4.69) is 54.5 Å². The van der Waals surface area contributed by atoms with Crippen molar-refractivity contribution in [3.05, 3.63) is 74.7 Å². The average Bonchev–Trinajstić information content (AvgIpc) is 3.15. The summed E-state index contributed by atoms with van der Waals surface area (Å²) in [6, 6.07) is 15.9. The number of nitriles is 1. The molecular formula is C22H19Cl2N3S. The lowest BCUT2D eigenvalue weighted by atomic mass is 10.0. The molecule has 6 heteroatoms. The number of nitrogens with zero attached hydrogens (tertiary/aromatic N) is 2. The van der Waals surface area contributed by atoms with E-state index in [1.165, 1.54) is 16.9 Å². The highest BCUT2D eigenvalue weighted by molar-refractivity contribution is 7.11. The first-order valence-corrected chi connectivity index (χ1v) is 10.5. The van der Waals surface area contributed by atoms with Gasteiger partial charge in [0.05, 0.1) is 15.7 Å². The Hall–Kier alpha value is -2.32. The smallest absolute Gasteiger partial charge is 0.136 e. The zero-order valence-corrected chi connectivity index (χ0v) is 17.9. The molecule has 0 saturated heterocycles. The Kier molecular flexibility index (Phi) is 6.74. The Balaban J connectivity index is 1.77. The van der Waals surface area contributed by atoms with Crippen LogP contribution in [-0.4, -0.2) is 4.98 Å². The van der Waals surface area contributed by atoms with Crippen molar-refractivity contribution >= 4 is 45.8 Å². The molecule has 0 aliphatic rings. The van der Waals surface area contributed by atoms with Crippen LogP contribution in [0.5, 0.6) is 0 Å². The van der Waals surface area contributed by atoms with Gasteiger partial charge in [0.15, 0.2) is 0 Å². The first-order valence-electron chi connectivity index (χ1n) is 8.83. The van der Waals surface area contributed by atoms with Gasteiger partial charge in [-0.25, -0.2) is 4.98 Å². The predicted molar refractivity (Wildman–Crippen MR) is 120 cm³/mol. The van der Waals surface area contributed by atoms with Crippen LogP contribution < -0.4 is 5.32 Å². The second-order valence-corrected chi connectivity index (χ2v) is 8.45. The van der Waals surface area contributed by atoms with Crippen LogP contribution in [0.3, 0.4) is 0 Å². The molecule has 0 amide bonds. The minimum absolute atomic E-state index is 0.455. The minimum Gasteiger partial charge on any atom is -0.360 e. The summed E-state index contributed by atoms with van der Waals surface area (Å²) >= 11 is 13.4. The van der Waals surface area contributed by atoms with E-state index in [0.29, 0.717) is 26.5 Å². The number of rotatable bonds is 6. The number of thiazole rings is 1. The summed E-state index contributed by atoms with van der Waals surface area (Å²) in [4.78, 5) is 4.63. The number of benzene rings is 2. The number of anilines is 1. The van der Waals surface area contributed by atoms with E-state index in [4.69, 9.17) is 23.2 Å². The maximum absolute atomic E-state index is 9.52. The maximum Gasteiger partial charge on any atom is 0.136 e. The van der Waals surface area contributed by atoms with Crippen molar-refractivity contribution in [1.82, 2.24) is 4.98 Å². The molecule has 3 rings (SSSR count). The lowest BCUT2D eigenvalue weighted by Crippen LogP contribution is -1.93. The molecule has 0 unspecified atom stereocenters. The van der Waals surface area contributed by atoms with E-state index in [0.717, 1.165) is 23.4 Å². The number of aromatic nitrogens is 1. The molecule has 1 heterocycles. The van der Waals surface area contributed by atoms with E-state index >= 15 is 0 Å². The van der Waals surface area contributed by atoms with Crippen molar-refractivity contribution in [3.63, 3.8) is 0 Å². The van der Waals surface area contributed by atoms with Gasteiger partial charge in [-0.15, -0.1) is 11.3 Å². The van der Waals surface area contributed by atoms with Crippen molar-refractivity contribution < 1.29 is 0 Å². The van der Waals surface area contributed by atoms with E-state index in [-0.39, 0.29) is 0 Å². The highest BCUT2D eigenvalue weighted by Crippen LogP contribution is 2.28. The summed E-state index contributed by atoms with van der Waals surface area (Å²) in [5.41, 5.74) is 4.44. The normalized spacial score (nSPS) is 11.5. The average molecular weight is 428 g/mol. The summed E-state index contributed by atoms with van der Waals surface area (Å²) in [6.07, 6.45) is 2.69. The fraction of sp³-hybridized carbons (Fsp3) is 0.182. The molecular weight excluding hydrogens is 409 g/mol. The summed E-state index contributed by atoms with van der Waals surface area (Å²) in [7, 11) is 0. The van der Waals surface area contributed by atoms with Crippen LogP contribution in [0.4, 0.5) is 5.69 Å². The summed E-state index contributed by atoms with van der Waals surface area (Å²) in [5, 5.41) is 16.2. The van der Waals surface area contributed by atoms with Gasteiger partial charge >= 0.3 is 0 Å². The molecule has 0 radical (unpaired) electrons. The standard InChI is InChI=1S/C22H19Cl2N3S/c1-14(2)9-15-3-5-16(6-4-15)21-13-28-22(27-21)17(11-25)12-26-18-7-8-19(23)20(24)10-18/h3-8,10,12-14,26H,9H2,1-2H3/b17-12+. The lowest BCUT2D eigenvalue weighted by Gasteiger charge is -2.05. The Bertz CT molecular complexity index is 1030. The number of halogens is 2. The largest absolute Gasteiger partial charge is 0.360 e. The fourth-order valence-electron chi connectivity index (χ4n) is 2.70. The van der Waals surface area contributed by atoms with Gasteiger partial charge in [0, 0.05) is 22.8 Å². The molecule has 1 N–H and O–H groups in total. The Morgan fingerprint density at radius 3 is 2.57 bits per heavy atom. The number of allylic oxidation sites excluding steroid dienone is 1. The molecule has 142 valence electrons. The van der Waals surface area contributed by atoms with Crippen LogP contribution in [0.1, 0.15) is 24.4 Å². The highest BCUT2D eigenvalue weighted by Gasteiger charge is 2.09. The lowest BCUT2D eigenvalue weighted by molar-refractivity contribution is 0.647. The van der Waals surface area contributed by atoms with Crippen LogP contribution in [0.25, 0.3) is 16.8 Å². The zero-order valence-electron chi connectivity index (χ0n) is 15.5. The summed E-state index contributed by atoms with van der Waals surface area (Å²) < 4.78 is 0. The first-order chi connectivity index (χ1) is 13.5. The second-order valence-electron chi connectivity index (χ2n) is 6.78. The van der Waals surface area contributed by atoms with Crippen LogP contribution in [-0.2, 0) is 6.42 Å². The van der Waals surface area contributed by atoms with E-state index in [1.807, 2.05) is 5.38 Å². The van der Waals surface area contributed by atoms with E-state index < -0.39 is 0 Å². The SMILES string of the molecule is CC(C)Cc1ccc(-c2csc(/C(C#N)=C/Nc3ccc(Cl)c(Cl)c3)n2)cc1. The summed E-state index contributed by atoms with van der Waals surface area (Å²) in [6.45, 7) is 4.42. The van der Waals surface area contributed by atoms with E-state index in [9.17, 15) is 5.26 Å². The molecule has 0 aliphatic carbocycles. The van der Waals surface area contributed by atoms with Gasteiger partial charge in [-0.1, -0.05) is 61.3 Å². The van der Waals surface area contributed by atoms with Crippen molar-refractivity contribution in [1.29, 1.82) is 5.26 Å². The molecule has 1 aromatic heterocycles. The van der Waals surface area contributed by atoms with Gasteiger partial charge < -0.3 is 5.32 Å². The maximum atomic E-state index is 9.52. The predicted octanol–water partition coefficient (Wildman–Crippen LogP) is 7.29. The molecule has 0 saturated carbocycles. The number of nitrogens with one attached hydrogen (secondary N) is 1. The molecule has 0 atom stereocenters. The quantitative estimate of drug-likeness (QED) is 0.419. The Morgan fingerprint density at radius 2 is 1.93 bits per heavy atom. The van der Waals surface area contributed by atoms with Gasteiger partial charge in [-0.2, -0.15) is 5.26 Å². The van der Waals surface area contributed by atoms with Crippen molar-refractivity contribution in [2.45, 2.75) is 20.3 Å². The van der Waals surface area contributed by atoms with E-state index in [1.54, 1.807) is 24.4 Å². The van der Waals surface area contributed by atoms with Crippen LogP contribution in [0, 0.1) is 17.2 Å². The van der Waals surface area contributed by atoms with Crippen molar-refractivity contribution in [2.24, 2.45) is 5.92 Å². The molecule has 0 fully saturated rings. The zero-order chi connectivity index (χ0) is 20.1. The number of hydrogen-bond acceptors (Lipinski definition) is 4. The first kappa shape index (κ1) is 20.4. The minimum atomic E-state index is 0.455. The third-order valence-corrected chi connectivity index (χ3v) is 5.67. The number of hydrogen-bond donors (Lipinski definition) is 1. The van der Waals surface area contributed by atoms with Crippen LogP contribution in [0.15, 0.2) is 54.0 Å². The Morgan fingerprint density at radius 1 is 1.18 bits per heavy atom. The molecule has 2 aromatic carbocycles. The monoisotopic (exact) mass is 427 g/mol. The molecule has 3 aromatic rings.